The van der Waals surface area contributed by atoms with Crippen LogP contribution in [0.25, 0.3) is 0 Å². The third-order valence-electron chi connectivity index (χ3n) is 3.49. The van der Waals surface area contributed by atoms with Crippen molar-refractivity contribution in [2.45, 2.75) is 34.2 Å². The second kappa shape index (κ2) is 7.71. The van der Waals surface area contributed by atoms with Crippen molar-refractivity contribution in [2.75, 3.05) is 18.9 Å². The molecule has 4 heteroatoms. The number of hydrogen-bond acceptors (Lipinski definition) is 3. The molecule has 3 nitrogen and oxygen atoms in total. The fraction of sp³-hybridized carbons (Fsp3) is 0.667. The van der Waals surface area contributed by atoms with Crippen LogP contribution in [0, 0.1) is 17.8 Å². The molecule has 0 saturated carbocycles. The van der Waals surface area contributed by atoms with Crippen LogP contribution in [0.15, 0.2) is 12.1 Å². The largest absolute Gasteiger partial charge is 0.370 e. The maximum Gasteiger partial charge on any atom is 0.126 e. The number of anilines is 1. The van der Waals surface area contributed by atoms with Crippen LogP contribution in [0.2, 0.25) is 5.02 Å². The van der Waals surface area contributed by atoms with Gasteiger partial charge in [0, 0.05) is 13.1 Å². The second-order valence-electron chi connectivity index (χ2n) is 5.69. The molecule has 1 aromatic rings. The van der Waals surface area contributed by atoms with Crippen LogP contribution in [0.3, 0.4) is 0 Å². The molecule has 0 aromatic carbocycles. The Labute approximate surface area is 122 Å². The average Bonchev–Trinajstić information content (AvgIpc) is 2.32. The van der Waals surface area contributed by atoms with Gasteiger partial charge in [0.1, 0.15) is 5.82 Å². The summed E-state index contributed by atoms with van der Waals surface area (Å²) in [6.07, 6.45) is 0. The van der Waals surface area contributed by atoms with Crippen molar-refractivity contribution in [2.24, 2.45) is 17.8 Å². The molecule has 0 atom stereocenters. The van der Waals surface area contributed by atoms with Gasteiger partial charge in [-0.25, -0.2) is 4.98 Å². The smallest absolute Gasteiger partial charge is 0.126 e. The Bertz CT molecular complexity index is 383. The Kier molecular flexibility index (Phi) is 6.59. The SMILES string of the molecule is CNCc1nc(NCC(C(C)C)C(C)C)ccc1Cl. The Morgan fingerprint density at radius 1 is 1.16 bits per heavy atom. The molecule has 0 bridgehead atoms. The molecule has 0 aliphatic rings. The van der Waals surface area contributed by atoms with Crippen LogP contribution in [0.1, 0.15) is 33.4 Å². The van der Waals surface area contributed by atoms with Gasteiger partial charge in [-0.05, 0) is 36.9 Å². The van der Waals surface area contributed by atoms with Gasteiger partial charge in [0.25, 0.3) is 0 Å². The summed E-state index contributed by atoms with van der Waals surface area (Å²) < 4.78 is 0. The highest BCUT2D eigenvalue weighted by molar-refractivity contribution is 6.31. The molecule has 0 amide bonds. The average molecular weight is 284 g/mol. The first kappa shape index (κ1) is 16.3. The van der Waals surface area contributed by atoms with Crippen molar-refractivity contribution >= 4 is 17.4 Å². The summed E-state index contributed by atoms with van der Waals surface area (Å²) in [5, 5.41) is 7.23. The first-order chi connectivity index (χ1) is 8.95. The number of halogens is 1. The predicted molar refractivity (Wildman–Crippen MR) is 83.7 cm³/mol. The van der Waals surface area contributed by atoms with Crippen molar-refractivity contribution in [3.8, 4) is 0 Å². The predicted octanol–water partition coefficient (Wildman–Crippen LogP) is 3.79. The highest BCUT2D eigenvalue weighted by Gasteiger charge is 2.17. The van der Waals surface area contributed by atoms with E-state index in [4.69, 9.17) is 11.6 Å². The Morgan fingerprint density at radius 2 is 1.79 bits per heavy atom. The van der Waals surface area contributed by atoms with E-state index in [0.29, 0.717) is 29.3 Å². The molecule has 19 heavy (non-hydrogen) atoms. The molecule has 0 saturated heterocycles. The molecule has 108 valence electrons. The summed E-state index contributed by atoms with van der Waals surface area (Å²) in [6, 6.07) is 3.85. The summed E-state index contributed by atoms with van der Waals surface area (Å²) in [5.41, 5.74) is 0.889. The summed E-state index contributed by atoms with van der Waals surface area (Å²) in [5.74, 6) is 2.87. The molecule has 1 heterocycles. The molecule has 0 radical (unpaired) electrons. The molecule has 1 aromatic heterocycles. The quantitative estimate of drug-likeness (QED) is 0.799. The van der Waals surface area contributed by atoms with Gasteiger partial charge >= 0.3 is 0 Å². The zero-order chi connectivity index (χ0) is 14.4. The lowest BCUT2D eigenvalue weighted by molar-refractivity contribution is 0.304. The van der Waals surface area contributed by atoms with E-state index in [0.717, 1.165) is 18.1 Å². The monoisotopic (exact) mass is 283 g/mol. The van der Waals surface area contributed by atoms with Crippen LogP contribution >= 0.6 is 11.6 Å². The minimum absolute atomic E-state index is 0.644. The van der Waals surface area contributed by atoms with Crippen molar-refractivity contribution in [1.82, 2.24) is 10.3 Å². The molecule has 0 unspecified atom stereocenters. The Hall–Kier alpha value is -0.800. The Morgan fingerprint density at radius 3 is 2.32 bits per heavy atom. The van der Waals surface area contributed by atoms with Gasteiger partial charge in [0.2, 0.25) is 0 Å². The highest BCUT2D eigenvalue weighted by atomic mass is 35.5. The van der Waals surface area contributed by atoms with E-state index < -0.39 is 0 Å². The third kappa shape index (κ3) is 5.00. The Balaban J connectivity index is 2.69. The van der Waals surface area contributed by atoms with Crippen LogP contribution in [0.4, 0.5) is 5.82 Å². The van der Waals surface area contributed by atoms with Crippen LogP contribution in [-0.2, 0) is 6.54 Å². The van der Waals surface area contributed by atoms with E-state index >= 15 is 0 Å². The molecule has 0 aliphatic heterocycles. The molecule has 2 N–H and O–H groups in total. The summed E-state index contributed by atoms with van der Waals surface area (Å²) in [6.45, 7) is 10.7. The molecular weight excluding hydrogens is 258 g/mol. The molecule has 0 fully saturated rings. The maximum atomic E-state index is 6.11. The van der Waals surface area contributed by atoms with Crippen molar-refractivity contribution in [1.29, 1.82) is 0 Å². The fourth-order valence-corrected chi connectivity index (χ4v) is 2.51. The summed E-state index contributed by atoms with van der Waals surface area (Å²) in [7, 11) is 1.89. The van der Waals surface area contributed by atoms with Gasteiger partial charge < -0.3 is 10.6 Å². The lowest BCUT2D eigenvalue weighted by atomic mass is 9.85. The van der Waals surface area contributed by atoms with Crippen LogP contribution < -0.4 is 10.6 Å². The first-order valence-electron chi connectivity index (χ1n) is 6.99. The molecule has 0 spiro atoms. The fourth-order valence-electron chi connectivity index (χ4n) is 2.34. The van der Waals surface area contributed by atoms with Gasteiger partial charge in [0.15, 0.2) is 0 Å². The molecule has 1 rings (SSSR count). The number of pyridine rings is 1. The van der Waals surface area contributed by atoms with Crippen molar-refractivity contribution in [3.05, 3.63) is 22.8 Å². The standard InChI is InChI=1S/C15H26ClN3/c1-10(2)12(11(3)4)8-18-15-7-6-13(16)14(19-15)9-17-5/h6-7,10-12,17H,8-9H2,1-5H3,(H,18,19). The van der Waals surface area contributed by atoms with E-state index in [-0.39, 0.29) is 0 Å². The van der Waals surface area contributed by atoms with Gasteiger partial charge in [-0.15, -0.1) is 0 Å². The van der Waals surface area contributed by atoms with E-state index in [9.17, 15) is 0 Å². The molecular formula is C15H26ClN3. The number of hydrogen-bond donors (Lipinski definition) is 2. The van der Waals surface area contributed by atoms with Gasteiger partial charge in [-0.1, -0.05) is 39.3 Å². The molecule has 0 aliphatic carbocycles. The normalized spacial score (nSPS) is 11.6. The van der Waals surface area contributed by atoms with E-state index in [1.54, 1.807) is 0 Å². The number of aromatic nitrogens is 1. The zero-order valence-electron chi connectivity index (χ0n) is 12.6. The minimum Gasteiger partial charge on any atom is -0.370 e. The topological polar surface area (TPSA) is 37.0 Å². The maximum absolute atomic E-state index is 6.11. The van der Waals surface area contributed by atoms with Crippen LogP contribution in [0.5, 0.6) is 0 Å². The lowest BCUT2D eigenvalue weighted by Gasteiger charge is -2.25. The van der Waals surface area contributed by atoms with E-state index in [2.05, 4.69) is 43.3 Å². The van der Waals surface area contributed by atoms with Crippen LogP contribution in [-0.4, -0.2) is 18.6 Å². The van der Waals surface area contributed by atoms with E-state index in [1.807, 2.05) is 19.2 Å². The lowest BCUT2D eigenvalue weighted by Crippen LogP contribution is -2.25. The zero-order valence-corrected chi connectivity index (χ0v) is 13.4. The van der Waals surface area contributed by atoms with Gasteiger partial charge in [0.05, 0.1) is 10.7 Å². The van der Waals surface area contributed by atoms with Gasteiger partial charge in [-0.2, -0.15) is 0 Å². The summed E-state index contributed by atoms with van der Waals surface area (Å²) in [4.78, 5) is 4.55. The second-order valence-corrected chi connectivity index (χ2v) is 6.10. The highest BCUT2D eigenvalue weighted by Crippen LogP contribution is 2.22. The van der Waals surface area contributed by atoms with E-state index in [1.165, 1.54) is 0 Å². The minimum atomic E-state index is 0.644. The third-order valence-corrected chi connectivity index (χ3v) is 3.84. The van der Waals surface area contributed by atoms with Crippen molar-refractivity contribution in [3.63, 3.8) is 0 Å². The summed E-state index contributed by atoms with van der Waals surface area (Å²) >= 11 is 6.11. The van der Waals surface area contributed by atoms with Gasteiger partial charge in [-0.3, -0.25) is 0 Å². The first-order valence-corrected chi connectivity index (χ1v) is 7.37. The number of rotatable bonds is 7. The number of nitrogens with zero attached hydrogens (tertiary/aromatic N) is 1. The van der Waals surface area contributed by atoms with Crippen molar-refractivity contribution < 1.29 is 0 Å². The number of nitrogens with one attached hydrogen (secondary N) is 2.